The van der Waals surface area contributed by atoms with Gasteiger partial charge >= 0.3 is 0 Å². The third-order valence-electron chi connectivity index (χ3n) is 3.64. The van der Waals surface area contributed by atoms with Crippen LogP contribution < -0.4 is 10.2 Å². The van der Waals surface area contributed by atoms with Gasteiger partial charge in [-0.15, -0.1) is 12.4 Å². The van der Waals surface area contributed by atoms with Crippen LogP contribution in [0.25, 0.3) is 0 Å². The van der Waals surface area contributed by atoms with Gasteiger partial charge in [-0.2, -0.15) is 0 Å². The predicted octanol–water partition coefficient (Wildman–Crippen LogP) is 1.37. The molecule has 2 aliphatic rings. The molecular weight excluding hydrogens is 287 g/mol. The van der Waals surface area contributed by atoms with Gasteiger partial charge < -0.3 is 15.3 Å². The van der Waals surface area contributed by atoms with Crippen molar-refractivity contribution >= 4 is 35.6 Å². The van der Waals surface area contributed by atoms with Gasteiger partial charge in [0.1, 0.15) is 0 Å². The van der Waals surface area contributed by atoms with Crippen LogP contribution in [0.4, 0.5) is 5.69 Å². The van der Waals surface area contributed by atoms with E-state index in [0.717, 1.165) is 22.7 Å². The summed E-state index contributed by atoms with van der Waals surface area (Å²) in [6, 6.07) is 5.37. The van der Waals surface area contributed by atoms with E-state index >= 15 is 0 Å². The fourth-order valence-corrected chi connectivity index (χ4v) is 2.98. The molecule has 0 spiro atoms. The van der Waals surface area contributed by atoms with Gasteiger partial charge in [-0.05, 0) is 30.5 Å². The summed E-state index contributed by atoms with van der Waals surface area (Å²) in [7, 11) is 0. The third-order valence-corrected chi connectivity index (χ3v) is 4.00. The van der Waals surface area contributed by atoms with Gasteiger partial charge in [-0.3, -0.25) is 4.79 Å². The average molecular weight is 303 g/mol. The number of nitrogens with zero attached hydrogens (tertiary/aromatic N) is 1. The van der Waals surface area contributed by atoms with E-state index in [1.54, 1.807) is 4.90 Å². The number of hydrogen-bond donors (Lipinski definition) is 2. The number of anilines is 1. The molecule has 2 N–H and O–H groups in total. The number of carbonyl (C=O) groups is 1. The fraction of sp³-hybridized carbons (Fsp3) is 0.462. The number of β-amino-alcohol motifs (C(OH)–C–C–N with tert-alkyl or cyclic N) is 1. The van der Waals surface area contributed by atoms with Crippen molar-refractivity contribution in [2.45, 2.75) is 25.0 Å². The van der Waals surface area contributed by atoms with Crippen molar-refractivity contribution in [1.82, 2.24) is 5.32 Å². The Kier molecular flexibility index (Phi) is 4.36. The van der Waals surface area contributed by atoms with Crippen molar-refractivity contribution in [3.05, 3.63) is 28.8 Å². The predicted molar refractivity (Wildman–Crippen MR) is 77.2 cm³/mol. The summed E-state index contributed by atoms with van der Waals surface area (Å²) >= 11 is 6.13. The van der Waals surface area contributed by atoms with Crippen LogP contribution >= 0.6 is 24.0 Å². The minimum absolute atomic E-state index is 0. The van der Waals surface area contributed by atoms with Crippen LogP contribution in [0, 0.1) is 0 Å². The van der Waals surface area contributed by atoms with Crippen molar-refractivity contribution in [3.63, 3.8) is 0 Å². The Labute approximate surface area is 123 Å². The first-order chi connectivity index (χ1) is 8.66. The maximum atomic E-state index is 12.4. The second-order valence-corrected chi connectivity index (χ2v) is 5.23. The first-order valence-corrected chi connectivity index (χ1v) is 6.55. The summed E-state index contributed by atoms with van der Waals surface area (Å²) in [4.78, 5) is 14.2. The quantitative estimate of drug-likeness (QED) is 0.824. The first-order valence-electron chi connectivity index (χ1n) is 6.17. The lowest BCUT2D eigenvalue weighted by molar-refractivity contribution is -0.120. The largest absolute Gasteiger partial charge is 0.392 e. The Balaban J connectivity index is 0.00000133. The van der Waals surface area contributed by atoms with Crippen molar-refractivity contribution < 1.29 is 9.90 Å². The molecule has 3 rings (SSSR count). The van der Waals surface area contributed by atoms with Crippen LogP contribution in [-0.4, -0.2) is 36.2 Å². The van der Waals surface area contributed by atoms with E-state index in [1.807, 2.05) is 18.2 Å². The smallest absolute Gasteiger partial charge is 0.244 e. The number of amides is 1. The molecule has 0 aromatic heterocycles. The molecule has 1 amide bonds. The van der Waals surface area contributed by atoms with Gasteiger partial charge in [0.15, 0.2) is 0 Å². The Hall–Kier alpha value is -0.810. The highest BCUT2D eigenvalue weighted by atomic mass is 35.5. The molecule has 0 saturated carbocycles. The van der Waals surface area contributed by atoms with Gasteiger partial charge in [0.2, 0.25) is 5.91 Å². The second kappa shape index (κ2) is 5.67. The normalized spacial score (nSPS) is 25.1. The van der Waals surface area contributed by atoms with E-state index in [4.69, 9.17) is 11.6 Å². The second-order valence-electron chi connectivity index (χ2n) is 4.83. The lowest BCUT2D eigenvalue weighted by Crippen LogP contribution is -2.42. The van der Waals surface area contributed by atoms with E-state index in [2.05, 4.69) is 5.32 Å². The number of benzene rings is 1. The van der Waals surface area contributed by atoms with Crippen LogP contribution in [-0.2, 0) is 11.2 Å². The molecule has 2 atom stereocenters. The standard InChI is InChI=1S/C13H15ClN2O2.ClH/c14-10-2-1-3-12-9(10)4-5-16(12)13(18)11-6-8(17)7-15-11;/h1-3,8,11,15,17H,4-7H2;1H. The van der Waals surface area contributed by atoms with Crippen LogP contribution in [0.3, 0.4) is 0 Å². The molecule has 1 aromatic rings. The van der Waals surface area contributed by atoms with Gasteiger partial charge in [0, 0.05) is 23.8 Å². The van der Waals surface area contributed by atoms with E-state index < -0.39 is 6.10 Å². The SMILES string of the molecule is Cl.O=C(C1CC(O)CN1)N1CCc2c(Cl)cccc21. The number of carbonyl (C=O) groups excluding carboxylic acids is 1. The van der Waals surface area contributed by atoms with Crippen LogP contribution in [0.2, 0.25) is 5.02 Å². The minimum atomic E-state index is -0.416. The third kappa shape index (κ3) is 2.58. The molecule has 0 aliphatic carbocycles. The number of aliphatic hydroxyl groups excluding tert-OH is 1. The summed E-state index contributed by atoms with van der Waals surface area (Å²) in [6.45, 7) is 1.17. The molecule has 1 aromatic carbocycles. The molecule has 2 aliphatic heterocycles. The summed E-state index contributed by atoms with van der Waals surface area (Å²) in [5.41, 5.74) is 1.96. The molecule has 0 radical (unpaired) electrons. The monoisotopic (exact) mass is 302 g/mol. The molecule has 19 heavy (non-hydrogen) atoms. The Morgan fingerprint density at radius 3 is 2.95 bits per heavy atom. The summed E-state index contributed by atoms with van der Waals surface area (Å²) in [6.07, 6.45) is 0.877. The van der Waals surface area contributed by atoms with E-state index in [0.29, 0.717) is 19.5 Å². The van der Waals surface area contributed by atoms with E-state index in [1.165, 1.54) is 0 Å². The average Bonchev–Trinajstić information content (AvgIpc) is 2.95. The zero-order valence-corrected chi connectivity index (χ0v) is 11.9. The van der Waals surface area contributed by atoms with Crippen molar-refractivity contribution in [3.8, 4) is 0 Å². The molecule has 0 bridgehead atoms. The number of aliphatic hydroxyl groups is 1. The summed E-state index contributed by atoms with van der Waals surface area (Å²) in [5.74, 6) is 0.0348. The highest BCUT2D eigenvalue weighted by Crippen LogP contribution is 2.34. The lowest BCUT2D eigenvalue weighted by Gasteiger charge is -2.21. The Bertz CT molecular complexity index is 496. The van der Waals surface area contributed by atoms with E-state index in [-0.39, 0.29) is 24.4 Å². The molecule has 2 unspecified atom stereocenters. The van der Waals surface area contributed by atoms with Gasteiger partial charge in [-0.25, -0.2) is 0 Å². The van der Waals surface area contributed by atoms with Crippen molar-refractivity contribution in [2.24, 2.45) is 0 Å². The number of fused-ring (bicyclic) bond motifs is 1. The molecule has 1 fully saturated rings. The molecule has 4 nitrogen and oxygen atoms in total. The molecule has 1 saturated heterocycles. The molecule has 2 heterocycles. The van der Waals surface area contributed by atoms with Crippen LogP contribution in [0.5, 0.6) is 0 Å². The molecule has 6 heteroatoms. The zero-order chi connectivity index (χ0) is 12.7. The first kappa shape index (κ1) is 14.6. The van der Waals surface area contributed by atoms with Gasteiger partial charge in [0.25, 0.3) is 0 Å². The van der Waals surface area contributed by atoms with Gasteiger partial charge in [0.05, 0.1) is 12.1 Å². The van der Waals surface area contributed by atoms with Gasteiger partial charge in [-0.1, -0.05) is 17.7 Å². The lowest BCUT2D eigenvalue weighted by atomic mass is 10.1. The van der Waals surface area contributed by atoms with Crippen LogP contribution in [0.1, 0.15) is 12.0 Å². The van der Waals surface area contributed by atoms with Crippen molar-refractivity contribution in [2.75, 3.05) is 18.0 Å². The molecule has 104 valence electrons. The fourth-order valence-electron chi connectivity index (χ4n) is 2.71. The minimum Gasteiger partial charge on any atom is -0.392 e. The number of halogens is 2. The maximum absolute atomic E-state index is 12.4. The van der Waals surface area contributed by atoms with Crippen molar-refractivity contribution in [1.29, 1.82) is 0 Å². The summed E-state index contributed by atoms with van der Waals surface area (Å²) in [5, 5.41) is 13.3. The highest BCUT2D eigenvalue weighted by molar-refractivity contribution is 6.32. The maximum Gasteiger partial charge on any atom is 0.244 e. The Morgan fingerprint density at radius 1 is 1.47 bits per heavy atom. The molecular formula is C13H16Cl2N2O2. The van der Waals surface area contributed by atoms with E-state index in [9.17, 15) is 9.90 Å². The summed E-state index contributed by atoms with van der Waals surface area (Å²) < 4.78 is 0. The number of hydrogen-bond acceptors (Lipinski definition) is 3. The number of rotatable bonds is 1. The van der Waals surface area contributed by atoms with Crippen LogP contribution in [0.15, 0.2) is 18.2 Å². The zero-order valence-electron chi connectivity index (χ0n) is 10.3. The number of nitrogens with one attached hydrogen (secondary N) is 1. The Morgan fingerprint density at radius 2 is 2.26 bits per heavy atom. The topological polar surface area (TPSA) is 52.6 Å². The highest BCUT2D eigenvalue weighted by Gasteiger charge is 2.34.